The van der Waals surface area contributed by atoms with Crippen LogP contribution in [-0.4, -0.2) is 54.7 Å². The summed E-state index contributed by atoms with van der Waals surface area (Å²) in [4.78, 5) is 24.7. The minimum Gasteiger partial charge on any atom is -0.395 e. The number of benzene rings is 1. The van der Waals surface area contributed by atoms with Crippen LogP contribution in [0.1, 0.15) is 18.2 Å². The predicted octanol–water partition coefficient (Wildman–Crippen LogP) is 2.89. The standard InChI is InChI=1S/C23H27ClN6O3S/c1-3-34(33)20-7-5-4-6-17(20)26-21-16(24)13-25-23(28-21)27-18-12-15-14-29(2)9-8-19(15)30(10-11-31)22(18)32/h4-7,12-13,31H,3,8-11,14H2,1-2H3,(H2,25,26,27,28). The molecule has 3 N–H and O–H groups in total. The largest absolute Gasteiger partial charge is 0.395 e. The maximum absolute atomic E-state index is 13.2. The Balaban J connectivity index is 1.67. The van der Waals surface area contributed by atoms with Gasteiger partial charge in [-0.1, -0.05) is 30.7 Å². The summed E-state index contributed by atoms with van der Waals surface area (Å²) in [6.07, 6.45) is 2.18. The summed E-state index contributed by atoms with van der Waals surface area (Å²) < 4.78 is 14.0. The van der Waals surface area contributed by atoms with Gasteiger partial charge in [0.05, 0.1) is 34.2 Å². The fraction of sp³-hybridized carbons (Fsp3) is 0.348. The third-order valence-electron chi connectivity index (χ3n) is 5.62. The Morgan fingerprint density at radius 1 is 1.24 bits per heavy atom. The molecule has 180 valence electrons. The Hall–Kier alpha value is -2.79. The molecule has 0 aliphatic carbocycles. The summed E-state index contributed by atoms with van der Waals surface area (Å²) in [5.74, 6) is 1.00. The fourth-order valence-corrected chi connectivity index (χ4v) is 5.02. The third-order valence-corrected chi connectivity index (χ3v) is 7.27. The molecule has 1 aliphatic heterocycles. The van der Waals surface area contributed by atoms with Crippen molar-refractivity contribution in [2.75, 3.05) is 36.6 Å². The molecule has 3 aromatic rings. The van der Waals surface area contributed by atoms with E-state index in [1.807, 2.05) is 38.2 Å². The average molecular weight is 503 g/mol. The van der Waals surface area contributed by atoms with Gasteiger partial charge in [0.2, 0.25) is 5.95 Å². The number of hydrogen-bond donors (Lipinski definition) is 3. The summed E-state index contributed by atoms with van der Waals surface area (Å²) in [5.41, 5.74) is 2.68. The van der Waals surface area contributed by atoms with E-state index < -0.39 is 10.8 Å². The van der Waals surface area contributed by atoms with E-state index in [2.05, 4.69) is 25.5 Å². The van der Waals surface area contributed by atoms with E-state index >= 15 is 0 Å². The number of rotatable bonds is 8. The van der Waals surface area contributed by atoms with Crippen LogP contribution in [0.2, 0.25) is 5.02 Å². The van der Waals surface area contributed by atoms with E-state index in [0.29, 0.717) is 34.4 Å². The molecule has 0 saturated carbocycles. The summed E-state index contributed by atoms with van der Waals surface area (Å²) in [5, 5.41) is 16.0. The molecule has 0 fully saturated rings. The van der Waals surface area contributed by atoms with Crippen LogP contribution in [0.5, 0.6) is 0 Å². The Morgan fingerprint density at radius 2 is 2.03 bits per heavy atom. The van der Waals surface area contributed by atoms with Crippen molar-refractivity contribution >= 4 is 45.5 Å². The van der Waals surface area contributed by atoms with Crippen molar-refractivity contribution in [2.45, 2.75) is 31.3 Å². The lowest BCUT2D eigenvalue weighted by molar-refractivity contribution is 0.264. The number of likely N-dealkylation sites (N-methyl/N-ethyl adjacent to an activating group) is 1. The van der Waals surface area contributed by atoms with E-state index in [1.54, 1.807) is 10.6 Å². The van der Waals surface area contributed by atoms with Crippen LogP contribution >= 0.6 is 11.6 Å². The van der Waals surface area contributed by atoms with Gasteiger partial charge in [-0.15, -0.1) is 0 Å². The van der Waals surface area contributed by atoms with E-state index in [1.165, 1.54) is 6.20 Å². The summed E-state index contributed by atoms with van der Waals surface area (Å²) in [6, 6.07) is 9.09. The van der Waals surface area contributed by atoms with Gasteiger partial charge in [0.1, 0.15) is 10.7 Å². The molecule has 9 nitrogen and oxygen atoms in total. The van der Waals surface area contributed by atoms with Crippen LogP contribution in [0.4, 0.5) is 23.1 Å². The monoisotopic (exact) mass is 502 g/mol. The highest BCUT2D eigenvalue weighted by atomic mass is 35.5. The fourth-order valence-electron chi connectivity index (χ4n) is 3.97. The molecule has 34 heavy (non-hydrogen) atoms. The van der Waals surface area contributed by atoms with E-state index in [-0.39, 0.29) is 29.7 Å². The van der Waals surface area contributed by atoms with Gasteiger partial charge in [0.15, 0.2) is 5.82 Å². The van der Waals surface area contributed by atoms with Crippen molar-refractivity contribution < 1.29 is 9.32 Å². The average Bonchev–Trinajstić information content (AvgIpc) is 2.83. The highest BCUT2D eigenvalue weighted by Crippen LogP contribution is 2.28. The second-order valence-electron chi connectivity index (χ2n) is 7.97. The lowest BCUT2D eigenvalue weighted by Crippen LogP contribution is -2.35. The number of fused-ring (bicyclic) bond motifs is 1. The predicted molar refractivity (Wildman–Crippen MR) is 135 cm³/mol. The molecule has 0 spiro atoms. The molecule has 2 aromatic heterocycles. The van der Waals surface area contributed by atoms with Crippen LogP contribution in [0.25, 0.3) is 0 Å². The first-order valence-electron chi connectivity index (χ1n) is 11.0. The molecule has 4 rings (SSSR count). The van der Waals surface area contributed by atoms with Gasteiger partial charge < -0.3 is 25.2 Å². The minimum atomic E-state index is -1.16. The number of aromatic nitrogens is 3. The van der Waals surface area contributed by atoms with Gasteiger partial charge in [-0.25, -0.2) is 4.98 Å². The van der Waals surface area contributed by atoms with Gasteiger partial charge in [0.25, 0.3) is 5.56 Å². The highest BCUT2D eigenvalue weighted by molar-refractivity contribution is 7.85. The van der Waals surface area contributed by atoms with Crippen molar-refractivity contribution in [2.24, 2.45) is 0 Å². The van der Waals surface area contributed by atoms with E-state index in [4.69, 9.17) is 11.6 Å². The lowest BCUT2D eigenvalue weighted by atomic mass is 10.0. The molecular formula is C23H27ClN6O3S. The normalized spacial score (nSPS) is 14.5. The van der Waals surface area contributed by atoms with Crippen molar-refractivity contribution in [3.63, 3.8) is 0 Å². The van der Waals surface area contributed by atoms with Crippen LogP contribution in [0.3, 0.4) is 0 Å². The number of pyridine rings is 1. The first-order valence-corrected chi connectivity index (χ1v) is 12.7. The molecule has 1 atom stereocenters. The smallest absolute Gasteiger partial charge is 0.274 e. The Kier molecular flexibility index (Phi) is 7.62. The molecule has 1 unspecified atom stereocenters. The Labute approximate surface area is 205 Å². The van der Waals surface area contributed by atoms with Gasteiger partial charge in [-0.05, 0) is 30.8 Å². The van der Waals surface area contributed by atoms with Crippen molar-refractivity contribution in [1.29, 1.82) is 0 Å². The number of halogens is 1. The molecule has 0 amide bonds. The zero-order valence-corrected chi connectivity index (χ0v) is 20.6. The SMILES string of the molecule is CCS(=O)c1ccccc1Nc1nc(Nc2cc3c(n(CCO)c2=O)CCN(C)C3)ncc1Cl. The van der Waals surface area contributed by atoms with E-state index in [0.717, 1.165) is 24.2 Å². The quantitative estimate of drug-likeness (QED) is 0.431. The molecule has 1 aliphatic rings. The topological polar surface area (TPSA) is 112 Å². The summed E-state index contributed by atoms with van der Waals surface area (Å²) in [6.45, 7) is 3.50. The molecule has 0 bridgehead atoms. The lowest BCUT2D eigenvalue weighted by Gasteiger charge is -2.28. The van der Waals surface area contributed by atoms with Gasteiger partial charge in [-0.3, -0.25) is 9.00 Å². The maximum Gasteiger partial charge on any atom is 0.274 e. The zero-order chi connectivity index (χ0) is 24.2. The molecule has 11 heteroatoms. The molecule has 0 saturated heterocycles. The number of nitrogens with zero attached hydrogens (tertiary/aromatic N) is 4. The van der Waals surface area contributed by atoms with Crippen LogP contribution in [0.15, 0.2) is 46.2 Å². The van der Waals surface area contributed by atoms with Crippen LogP contribution in [-0.2, 0) is 30.3 Å². The number of hydrogen-bond acceptors (Lipinski definition) is 8. The maximum atomic E-state index is 13.2. The third kappa shape index (κ3) is 5.15. The first-order chi connectivity index (χ1) is 16.4. The van der Waals surface area contributed by atoms with Gasteiger partial charge in [-0.2, -0.15) is 4.98 Å². The van der Waals surface area contributed by atoms with Crippen LogP contribution in [0, 0.1) is 0 Å². The Morgan fingerprint density at radius 3 is 2.79 bits per heavy atom. The second-order valence-corrected chi connectivity index (χ2v) is 10.1. The number of aliphatic hydroxyl groups excluding tert-OH is 1. The van der Waals surface area contributed by atoms with Gasteiger partial charge >= 0.3 is 0 Å². The highest BCUT2D eigenvalue weighted by Gasteiger charge is 2.21. The van der Waals surface area contributed by atoms with Crippen molar-refractivity contribution in [3.8, 4) is 0 Å². The number of nitrogens with one attached hydrogen (secondary N) is 2. The minimum absolute atomic E-state index is 0.129. The van der Waals surface area contributed by atoms with E-state index in [9.17, 15) is 14.1 Å². The van der Waals surface area contributed by atoms with Crippen molar-refractivity contribution in [1.82, 2.24) is 19.4 Å². The molecular weight excluding hydrogens is 476 g/mol. The molecule has 3 heterocycles. The molecule has 0 radical (unpaired) electrons. The Bertz CT molecular complexity index is 1280. The zero-order valence-electron chi connectivity index (χ0n) is 19.0. The van der Waals surface area contributed by atoms with Gasteiger partial charge in [0, 0.05) is 37.5 Å². The van der Waals surface area contributed by atoms with Crippen molar-refractivity contribution in [3.05, 3.63) is 63.2 Å². The number of aliphatic hydroxyl groups is 1. The number of anilines is 4. The summed E-state index contributed by atoms with van der Waals surface area (Å²) in [7, 11) is 0.864. The van der Waals surface area contributed by atoms with Crippen LogP contribution < -0.4 is 16.2 Å². The second kappa shape index (κ2) is 10.6. The number of para-hydroxylation sites is 1. The summed E-state index contributed by atoms with van der Waals surface area (Å²) >= 11 is 6.33. The first kappa shape index (κ1) is 24.3. The molecule has 1 aromatic carbocycles.